The van der Waals surface area contributed by atoms with Crippen molar-refractivity contribution in [3.63, 3.8) is 0 Å². The molecule has 4 nitrogen and oxygen atoms in total. The Hall–Kier alpha value is -1.70. The highest BCUT2D eigenvalue weighted by Crippen LogP contribution is 2.33. The molecule has 0 unspecified atom stereocenters. The van der Waals surface area contributed by atoms with Crippen LogP contribution in [-0.2, 0) is 16.3 Å². The number of anilines is 1. The van der Waals surface area contributed by atoms with E-state index in [1.807, 2.05) is 6.07 Å². The number of aromatic nitrogens is 1. The lowest BCUT2D eigenvalue weighted by atomic mass is 10.1. The van der Waals surface area contributed by atoms with E-state index in [0.717, 1.165) is 29.2 Å². The fourth-order valence-corrected chi connectivity index (χ4v) is 7.53. The van der Waals surface area contributed by atoms with Crippen molar-refractivity contribution in [2.45, 2.75) is 42.8 Å². The maximum Gasteiger partial charge on any atom is 0.185 e. The van der Waals surface area contributed by atoms with Crippen molar-refractivity contribution < 1.29 is 8.42 Å². The first kappa shape index (κ1) is 21.5. The number of hydrogen-bond donors (Lipinski definition) is 0. The summed E-state index contributed by atoms with van der Waals surface area (Å²) in [6.07, 6.45) is 3.47. The van der Waals surface area contributed by atoms with Crippen LogP contribution >= 0.6 is 27.3 Å². The molecule has 0 bridgehead atoms. The quantitative estimate of drug-likeness (QED) is 0.414. The smallest absolute Gasteiger partial charge is 0.185 e. The van der Waals surface area contributed by atoms with Gasteiger partial charge in [-0.2, -0.15) is 0 Å². The highest BCUT2D eigenvalue weighted by Gasteiger charge is 2.33. The fourth-order valence-electron chi connectivity index (χ4n) is 3.89. The van der Waals surface area contributed by atoms with Gasteiger partial charge in [0.2, 0.25) is 0 Å². The number of benzene rings is 2. The van der Waals surface area contributed by atoms with Crippen LogP contribution < -0.4 is 4.90 Å². The average Bonchev–Trinajstić information content (AvgIpc) is 3.25. The van der Waals surface area contributed by atoms with E-state index in [-0.39, 0.29) is 5.25 Å². The Bertz CT molecular complexity index is 1100. The van der Waals surface area contributed by atoms with Crippen LogP contribution in [0.3, 0.4) is 0 Å². The molecule has 0 N–H and O–H groups in total. The fraction of sp³-hybridized carbons (Fsp3) is 0.348. The second-order valence-electron chi connectivity index (χ2n) is 7.62. The first-order valence-electron chi connectivity index (χ1n) is 10.3. The Morgan fingerprint density at radius 3 is 2.47 bits per heavy atom. The monoisotopic (exact) mass is 504 g/mol. The zero-order chi connectivity index (χ0) is 21.1. The van der Waals surface area contributed by atoms with Crippen molar-refractivity contribution >= 4 is 42.2 Å². The van der Waals surface area contributed by atoms with Crippen molar-refractivity contribution in [3.8, 4) is 11.3 Å². The normalized spacial score (nSPS) is 15.5. The first-order valence-corrected chi connectivity index (χ1v) is 13.5. The van der Waals surface area contributed by atoms with E-state index >= 15 is 0 Å². The van der Waals surface area contributed by atoms with E-state index in [1.54, 1.807) is 29.5 Å². The van der Waals surface area contributed by atoms with E-state index in [2.05, 4.69) is 57.4 Å². The van der Waals surface area contributed by atoms with E-state index in [4.69, 9.17) is 4.98 Å². The molecule has 0 saturated carbocycles. The van der Waals surface area contributed by atoms with Crippen LogP contribution in [-0.4, -0.2) is 31.7 Å². The van der Waals surface area contributed by atoms with Gasteiger partial charge in [0.05, 0.1) is 15.8 Å². The minimum Gasteiger partial charge on any atom is -0.348 e. The molecule has 1 fully saturated rings. The summed E-state index contributed by atoms with van der Waals surface area (Å²) in [5.74, 6) is 0. The molecule has 3 aromatic rings. The lowest BCUT2D eigenvalue weighted by molar-refractivity contribution is 0.529. The average molecular weight is 506 g/mol. The highest BCUT2D eigenvalue weighted by atomic mass is 79.9. The molecule has 1 saturated heterocycles. The molecule has 0 amide bonds. The molecule has 30 heavy (non-hydrogen) atoms. The molecule has 0 radical (unpaired) electrons. The van der Waals surface area contributed by atoms with Crippen molar-refractivity contribution in [1.82, 2.24) is 4.98 Å². The summed E-state index contributed by atoms with van der Waals surface area (Å²) in [5, 5.41) is 2.71. The van der Waals surface area contributed by atoms with Gasteiger partial charge in [-0.1, -0.05) is 49.7 Å². The molecule has 1 aromatic heterocycles. The van der Waals surface area contributed by atoms with Crippen molar-refractivity contribution in [2.24, 2.45) is 0 Å². The third-order valence-electron chi connectivity index (χ3n) is 5.57. The topological polar surface area (TPSA) is 50.3 Å². The van der Waals surface area contributed by atoms with Gasteiger partial charge in [0.1, 0.15) is 0 Å². The Morgan fingerprint density at radius 2 is 1.80 bits per heavy atom. The standard InChI is InChI=1S/C23H25BrN2O2S2/c1-2-5-17-8-10-18(11-9-17)21-16-29-23(25-21)26-14-12-19(13-15-26)30(27,28)22-7-4-3-6-20(22)24/h3-4,6-11,16,19H,2,5,12-15H2,1H3. The summed E-state index contributed by atoms with van der Waals surface area (Å²) in [7, 11) is -3.34. The van der Waals surface area contributed by atoms with Gasteiger partial charge in [0.15, 0.2) is 15.0 Å². The van der Waals surface area contributed by atoms with E-state index in [9.17, 15) is 8.42 Å². The summed E-state index contributed by atoms with van der Waals surface area (Å²) in [4.78, 5) is 7.44. The van der Waals surface area contributed by atoms with Crippen molar-refractivity contribution in [3.05, 3.63) is 63.9 Å². The van der Waals surface area contributed by atoms with Crippen LogP contribution in [0.4, 0.5) is 5.13 Å². The SMILES string of the molecule is CCCc1ccc(-c2csc(N3CCC(S(=O)(=O)c4ccccc4Br)CC3)n2)cc1. The van der Waals surface area contributed by atoms with Gasteiger partial charge in [0.25, 0.3) is 0 Å². The zero-order valence-electron chi connectivity index (χ0n) is 16.9. The number of hydrogen-bond acceptors (Lipinski definition) is 5. The molecule has 158 valence electrons. The lowest BCUT2D eigenvalue weighted by Crippen LogP contribution is -2.39. The van der Waals surface area contributed by atoms with Crippen LogP contribution in [0.25, 0.3) is 11.3 Å². The lowest BCUT2D eigenvalue weighted by Gasteiger charge is -2.31. The first-order chi connectivity index (χ1) is 14.5. The number of thiazole rings is 1. The maximum atomic E-state index is 13.1. The van der Waals surface area contributed by atoms with Gasteiger partial charge >= 0.3 is 0 Å². The second-order valence-corrected chi connectivity index (χ2v) is 11.5. The van der Waals surface area contributed by atoms with Crippen molar-refractivity contribution in [2.75, 3.05) is 18.0 Å². The van der Waals surface area contributed by atoms with Crippen LogP contribution in [0.15, 0.2) is 63.3 Å². The van der Waals surface area contributed by atoms with Crippen molar-refractivity contribution in [1.29, 1.82) is 0 Å². The Labute approximate surface area is 191 Å². The summed E-state index contributed by atoms with van der Waals surface area (Å²) < 4.78 is 26.7. The third kappa shape index (κ3) is 4.48. The minimum absolute atomic E-state index is 0.349. The summed E-state index contributed by atoms with van der Waals surface area (Å²) >= 11 is 5.02. The van der Waals surface area contributed by atoms with Crippen LogP contribution in [0.2, 0.25) is 0 Å². The molecule has 7 heteroatoms. The molecule has 4 rings (SSSR count). The molecule has 0 aliphatic carbocycles. The largest absolute Gasteiger partial charge is 0.348 e. The number of aryl methyl sites for hydroxylation is 1. The second kappa shape index (κ2) is 9.20. The highest BCUT2D eigenvalue weighted by molar-refractivity contribution is 9.10. The molecule has 1 aliphatic heterocycles. The Kier molecular flexibility index (Phi) is 6.60. The minimum atomic E-state index is -3.34. The number of rotatable bonds is 6. The molecule has 0 atom stereocenters. The summed E-state index contributed by atoms with van der Waals surface area (Å²) in [5.41, 5.74) is 3.47. The van der Waals surface area contributed by atoms with Gasteiger partial charge in [-0.3, -0.25) is 0 Å². The van der Waals surface area contributed by atoms with Crippen LogP contribution in [0, 0.1) is 0 Å². The van der Waals surface area contributed by atoms with Crippen LogP contribution in [0.1, 0.15) is 31.7 Å². The molecular weight excluding hydrogens is 480 g/mol. The zero-order valence-corrected chi connectivity index (χ0v) is 20.1. The van der Waals surface area contributed by atoms with Gasteiger partial charge < -0.3 is 4.90 Å². The van der Waals surface area contributed by atoms with Crippen LogP contribution in [0.5, 0.6) is 0 Å². The summed E-state index contributed by atoms with van der Waals surface area (Å²) in [6, 6.07) is 15.7. The molecular formula is C23H25BrN2O2S2. The Morgan fingerprint density at radius 1 is 1.10 bits per heavy atom. The number of halogens is 1. The van der Waals surface area contributed by atoms with Gasteiger partial charge in [-0.05, 0) is 52.9 Å². The third-order valence-corrected chi connectivity index (χ3v) is 9.75. The predicted octanol–water partition coefficient (Wildman–Crippen LogP) is 5.97. The predicted molar refractivity (Wildman–Crippen MR) is 128 cm³/mol. The number of piperidine rings is 1. The number of sulfone groups is 1. The van der Waals surface area contributed by atoms with E-state index in [1.165, 1.54) is 5.56 Å². The molecule has 1 aliphatic rings. The molecule has 0 spiro atoms. The molecule has 2 aromatic carbocycles. The number of nitrogens with zero attached hydrogens (tertiary/aromatic N) is 2. The molecule has 2 heterocycles. The summed E-state index contributed by atoms with van der Waals surface area (Å²) in [6.45, 7) is 3.60. The Balaban J connectivity index is 1.43. The van der Waals surface area contributed by atoms with Gasteiger partial charge in [0, 0.05) is 28.5 Å². The maximum absolute atomic E-state index is 13.1. The van der Waals surface area contributed by atoms with Gasteiger partial charge in [-0.15, -0.1) is 11.3 Å². The van der Waals surface area contributed by atoms with E-state index < -0.39 is 9.84 Å². The van der Waals surface area contributed by atoms with E-state index in [0.29, 0.717) is 35.3 Å². The van der Waals surface area contributed by atoms with Gasteiger partial charge in [-0.25, -0.2) is 13.4 Å².